The molecule has 218 valence electrons. The number of thiocarbonyl (C=S) groups is 1. The van der Waals surface area contributed by atoms with Gasteiger partial charge in [0.2, 0.25) is 0 Å². The summed E-state index contributed by atoms with van der Waals surface area (Å²) in [6, 6.07) is 19.0. The molecule has 1 atom stereocenters. The van der Waals surface area contributed by atoms with Crippen LogP contribution in [0, 0.1) is 0 Å². The van der Waals surface area contributed by atoms with Crippen molar-refractivity contribution in [3.05, 3.63) is 105 Å². The Labute approximate surface area is 258 Å². The summed E-state index contributed by atoms with van der Waals surface area (Å²) >= 11 is 17.3. The fourth-order valence-corrected chi connectivity index (χ4v) is 4.68. The summed E-state index contributed by atoms with van der Waals surface area (Å²) in [6.45, 7) is 3.70. The number of rotatable bonds is 11. The fourth-order valence-electron chi connectivity index (χ4n) is 4.09. The second-order valence-corrected chi connectivity index (χ2v) is 10.2. The zero-order chi connectivity index (χ0) is 30.1. The van der Waals surface area contributed by atoms with Crippen LogP contribution in [0.3, 0.4) is 0 Å². The number of carbonyl (C=O) groups excluding carboxylic acids is 2. The van der Waals surface area contributed by atoms with E-state index in [1.807, 2.05) is 24.3 Å². The monoisotopic (exact) mass is 626 g/mol. The van der Waals surface area contributed by atoms with Crippen LogP contribution in [0.1, 0.15) is 36.6 Å². The van der Waals surface area contributed by atoms with E-state index in [1.54, 1.807) is 56.3 Å². The van der Waals surface area contributed by atoms with Crippen LogP contribution in [-0.4, -0.2) is 36.4 Å². The lowest BCUT2D eigenvalue weighted by Gasteiger charge is -2.30. The van der Waals surface area contributed by atoms with Gasteiger partial charge in [-0.25, -0.2) is 10.2 Å². The number of hydrogen-bond donors (Lipinski definition) is 3. The predicted octanol–water partition coefficient (Wildman–Crippen LogP) is 5.46. The number of halogens is 2. The van der Waals surface area contributed by atoms with Crippen LogP contribution >= 0.6 is 35.4 Å². The molecule has 0 unspecified atom stereocenters. The topological polar surface area (TPSA) is 110 Å². The maximum absolute atomic E-state index is 12.7. The molecule has 3 aromatic carbocycles. The molecule has 3 N–H and O–H groups in total. The number of nitrogens with one attached hydrogen (secondary N) is 3. The van der Waals surface area contributed by atoms with E-state index in [2.05, 4.69) is 21.2 Å². The first kappa shape index (κ1) is 30.8. The molecule has 0 saturated carbocycles. The molecular weight excluding hydrogens is 599 g/mol. The van der Waals surface area contributed by atoms with Crippen LogP contribution in [0.5, 0.6) is 11.5 Å². The number of hydrazone groups is 1. The number of nitrogens with zero attached hydrogens (tertiary/aromatic N) is 1. The van der Waals surface area contributed by atoms with Crippen LogP contribution in [0.4, 0.5) is 0 Å². The molecule has 9 nitrogen and oxygen atoms in total. The van der Waals surface area contributed by atoms with Crippen molar-refractivity contribution in [3.8, 4) is 11.5 Å². The number of hydrogen-bond acceptors (Lipinski definition) is 7. The largest absolute Gasteiger partial charge is 0.489 e. The average Bonchev–Trinajstić information content (AvgIpc) is 2.97. The van der Waals surface area contributed by atoms with Gasteiger partial charge in [0.25, 0.3) is 5.91 Å². The summed E-state index contributed by atoms with van der Waals surface area (Å²) in [5.74, 6) is 0.0708. The Morgan fingerprint density at radius 2 is 1.86 bits per heavy atom. The molecule has 0 fully saturated rings. The molecule has 4 rings (SSSR count). The van der Waals surface area contributed by atoms with E-state index in [0.717, 1.165) is 11.1 Å². The molecule has 1 amide bonds. The predicted molar refractivity (Wildman–Crippen MR) is 166 cm³/mol. The molecule has 0 bridgehead atoms. The van der Waals surface area contributed by atoms with E-state index in [0.29, 0.717) is 50.1 Å². The minimum absolute atomic E-state index is 0.224. The van der Waals surface area contributed by atoms with E-state index >= 15 is 0 Å². The zero-order valence-corrected chi connectivity index (χ0v) is 25.1. The maximum Gasteiger partial charge on any atom is 0.338 e. The summed E-state index contributed by atoms with van der Waals surface area (Å²) in [5, 5.41) is 11.4. The highest BCUT2D eigenvalue weighted by atomic mass is 35.5. The highest BCUT2D eigenvalue weighted by molar-refractivity contribution is 7.80. The van der Waals surface area contributed by atoms with Crippen molar-refractivity contribution in [2.75, 3.05) is 13.2 Å². The van der Waals surface area contributed by atoms with Crippen LogP contribution in [-0.2, 0) is 20.9 Å². The van der Waals surface area contributed by atoms with E-state index in [4.69, 9.17) is 49.6 Å². The number of amides is 1. The van der Waals surface area contributed by atoms with Gasteiger partial charge in [-0.1, -0.05) is 59.6 Å². The van der Waals surface area contributed by atoms with Gasteiger partial charge in [-0.2, -0.15) is 5.10 Å². The van der Waals surface area contributed by atoms with Crippen molar-refractivity contribution in [1.82, 2.24) is 16.1 Å². The van der Waals surface area contributed by atoms with Crippen LogP contribution in [0.25, 0.3) is 0 Å². The van der Waals surface area contributed by atoms with Gasteiger partial charge in [-0.15, -0.1) is 0 Å². The molecule has 1 aliphatic heterocycles. The maximum atomic E-state index is 12.7. The molecule has 42 heavy (non-hydrogen) atoms. The number of esters is 1. The number of ether oxygens (including phenoxy) is 3. The molecule has 0 spiro atoms. The molecule has 3 aromatic rings. The molecule has 1 heterocycles. The fraction of sp³-hybridized carbons (Fsp3) is 0.200. The molecule has 1 aliphatic rings. The van der Waals surface area contributed by atoms with Crippen molar-refractivity contribution in [2.45, 2.75) is 26.5 Å². The third kappa shape index (κ3) is 8.22. The lowest BCUT2D eigenvalue weighted by Crippen LogP contribution is -2.45. The second kappa shape index (κ2) is 14.7. The first-order valence-corrected chi connectivity index (χ1v) is 14.1. The number of benzene rings is 3. The van der Waals surface area contributed by atoms with E-state index in [-0.39, 0.29) is 13.2 Å². The van der Waals surface area contributed by atoms with Crippen LogP contribution in [0.15, 0.2) is 83.1 Å². The lowest BCUT2D eigenvalue weighted by molar-refractivity contribution is -0.139. The quantitative estimate of drug-likeness (QED) is 0.111. The highest BCUT2D eigenvalue weighted by Gasteiger charge is 2.32. The van der Waals surface area contributed by atoms with Gasteiger partial charge in [0.1, 0.15) is 18.1 Å². The Bertz CT molecular complexity index is 1550. The highest BCUT2D eigenvalue weighted by Crippen LogP contribution is 2.33. The zero-order valence-electron chi connectivity index (χ0n) is 22.8. The van der Waals surface area contributed by atoms with Crippen LogP contribution < -0.4 is 25.5 Å². The molecular formula is C30H28Cl2N4O5S. The molecule has 0 aromatic heterocycles. The Morgan fingerprint density at radius 3 is 2.64 bits per heavy atom. The first-order valence-electron chi connectivity index (χ1n) is 12.9. The third-order valence-corrected chi connectivity index (χ3v) is 6.96. The molecule has 0 saturated heterocycles. The smallest absolute Gasteiger partial charge is 0.338 e. The molecule has 12 heteroatoms. The van der Waals surface area contributed by atoms with Crippen molar-refractivity contribution >= 4 is 58.6 Å². The van der Waals surface area contributed by atoms with Crippen molar-refractivity contribution in [1.29, 1.82) is 0 Å². The lowest BCUT2D eigenvalue weighted by atomic mass is 9.95. The van der Waals surface area contributed by atoms with Gasteiger partial charge in [0, 0.05) is 11.3 Å². The van der Waals surface area contributed by atoms with Gasteiger partial charge in [-0.05, 0) is 67.5 Å². The van der Waals surface area contributed by atoms with Gasteiger partial charge in [-0.3, -0.25) is 4.79 Å². The second-order valence-electron chi connectivity index (χ2n) is 9.02. The average molecular weight is 628 g/mol. The van der Waals surface area contributed by atoms with Gasteiger partial charge >= 0.3 is 5.97 Å². The Hall–Kier alpha value is -4.12. The van der Waals surface area contributed by atoms with Crippen molar-refractivity contribution in [2.24, 2.45) is 5.10 Å². The number of carbonyl (C=O) groups is 2. The summed E-state index contributed by atoms with van der Waals surface area (Å²) in [4.78, 5) is 25.2. The standard InChI is InChI=1S/C30H28Cl2N4O5S/c1-3-39-29(38)27-18(2)34-30(42)35-28(27)22-9-4-5-10-25(22)41-17-26(37)36-33-15-19-7-6-8-21(13-19)40-16-20-11-12-23(31)24(32)14-20/h4-15,28H,3,16-17H2,1-2H3,(H,36,37)(H2,34,35,42)/t28-/m1/s1. The Balaban J connectivity index is 1.35. The SMILES string of the molecule is CCOC(=O)C1=C(C)NC(=S)N[C@@H]1c1ccccc1OCC(=O)NN=Cc1cccc(OCc2ccc(Cl)c(Cl)c2)c1. The minimum atomic E-state index is -0.624. The van der Waals surface area contributed by atoms with E-state index < -0.39 is 17.9 Å². The van der Waals surface area contributed by atoms with Crippen molar-refractivity contribution in [3.63, 3.8) is 0 Å². The van der Waals surface area contributed by atoms with Gasteiger partial charge in [0.05, 0.1) is 34.5 Å². The summed E-state index contributed by atoms with van der Waals surface area (Å²) in [6.07, 6.45) is 1.50. The minimum Gasteiger partial charge on any atom is -0.489 e. The van der Waals surface area contributed by atoms with E-state index in [9.17, 15) is 9.59 Å². The molecule has 0 radical (unpaired) electrons. The molecule has 0 aliphatic carbocycles. The number of para-hydroxylation sites is 1. The number of allylic oxidation sites excluding steroid dienone is 1. The summed E-state index contributed by atoms with van der Waals surface area (Å²) in [7, 11) is 0. The third-order valence-electron chi connectivity index (χ3n) is 6.00. The normalized spacial score (nSPS) is 14.7. The first-order chi connectivity index (χ1) is 20.2. The summed E-state index contributed by atoms with van der Waals surface area (Å²) < 4.78 is 16.9. The Morgan fingerprint density at radius 1 is 1.05 bits per heavy atom. The van der Waals surface area contributed by atoms with Crippen molar-refractivity contribution < 1.29 is 23.8 Å². The van der Waals surface area contributed by atoms with Crippen LogP contribution in [0.2, 0.25) is 10.0 Å². The Kier molecular flexibility index (Phi) is 10.8. The van der Waals surface area contributed by atoms with Gasteiger partial charge in [0.15, 0.2) is 11.7 Å². The summed E-state index contributed by atoms with van der Waals surface area (Å²) in [5.41, 5.74) is 5.62. The van der Waals surface area contributed by atoms with E-state index in [1.165, 1.54) is 6.21 Å². The van der Waals surface area contributed by atoms with Gasteiger partial charge < -0.3 is 24.8 Å².